The van der Waals surface area contributed by atoms with E-state index in [0.29, 0.717) is 23.7 Å². The van der Waals surface area contributed by atoms with Crippen molar-refractivity contribution in [1.82, 2.24) is 4.57 Å². The predicted octanol–water partition coefficient (Wildman–Crippen LogP) is 6.19. The Balaban J connectivity index is 1.66. The summed E-state index contributed by atoms with van der Waals surface area (Å²) in [5.74, 6) is 0.700. The van der Waals surface area contributed by atoms with Crippen LogP contribution in [0.4, 0.5) is 11.4 Å². The average Bonchev–Trinajstić information content (AvgIpc) is 3.05. The highest BCUT2D eigenvalue weighted by Crippen LogP contribution is 2.39. The number of aromatic hydroxyl groups is 1. The Kier molecular flexibility index (Phi) is 5.95. The minimum atomic E-state index is 0.0493. The maximum absolute atomic E-state index is 11.0. The molecule has 0 aliphatic heterocycles. The second kappa shape index (κ2) is 8.97. The second-order valence-corrected chi connectivity index (χ2v) is 7.42. The molecule has 7 heteroatoms. The highest BCUT2D eigenvalue weighted by molar-refractivity contribution is 7.80. The van der Waals surface area contributed by atoms with Crippen molar-refractivity contribution in [2.24, 2.45) is 10.2 Å². The van der Waals surface area contributed by atoms with Crippen molar-refractivity contribution in [2.45, 2.75) is 13.5 Å². The topological polar surface area (TPSA) is 71.1 Å². The number of hydrogen-bond acceptors (Lipinski definition) is 4. The van der Waals surface area contributed by atoms with E-state index in [1.165, 1.54) is 0 Å². The van der Waals surface area contributed by atoms with Crippen molar-refractivity contribution < 1.29 is 9.84 Å². The van der Waals surface area contributed by atoms with Crippen LogP contribution in [0.25, 0.3) is 10.9 Å². The van der Waals surface area contributed by atoms with Crippen LogP contribution in [0, 0.1) is 6.92 Å². The number of anilines is 1. The number of benzene rings is 3. The Hall–Kier alpha value is -3.71. The quantitative estimate of drug-likeness (QED) is 0.292. The molecule has 0 unspecified atom stereocenters. The first kappa shape index (κ1) is 20.6. The molecule has 0 spiro atoms. The Labute approximate surface area is 185 Å². The van der Waals surface area contributed by atoms with E-state index in [9.17, 15) is 5.11 Å². The van der Waals surface area contributed by atoms with Crippen molar-refractivity contribution in [3.8, 4) is 11.6 Å². The Morgan fingerprint density at radius 2 is 1.74 bits per heavy atom. The zero-order chi connectivity index (χ0) is 21.8. The van der Waals surface area contributed by atoms with Gasteiger partial charge in [-0.25, -0.2) is 0 Å². The number of ether oxygens (including phenoxy) is 1. The van der Waals surface area contributed by atoms with Crippen LogP contribution in [-0.4, -0.2) is 21.9 Å². The first-order valence-corrected chi connectivity index (χ1v) is 10.2. The molecule has 0 bridgehead atoms. The SMILES string of the molecule is COc1ccccc1NC(=S)N=Nc1c(O)n(Cc2ccccc2C)c2ccccc12. The van der Waals surface area contributed by atoms with Gasteiger partial charge in [-0.15, -0.1) is 10.2 Å². The van der Waals surface area contributed by atoms with Gasteiger partial charge < -0.3 is 19.7 Å². The van der Waals surface area contributed by atoms with E-state index in [1.54, 1.807) is 7.11 Å². The summed E-state index contributed by atoms with van der Waals surface area (Å²) in [7, 11) is 1.59. The molecule has 4 rings (SSSR count). The number of rotatable bonds is 5. The average molecular weight is 431 g/mol. The molecule has 0 fully saturated rings. The van der Waals surface area contributed by atoms with Crippen LogP contribution >= 0.6 is 12.2 Å². The molecule has 4 aromatic rings. The van der Waals surface area contributed by atoms with Gasteiger partial charge in [0.25, 0.3) is 0 Å². The third kappa shape index (κ3) is 4.27. The third-order valence-electron chi connectivity index (χ3n) is 5.10. The number of para-hydroxylation sites is 3. The fraction of sp³-hybridized carbons (Fsp3) is 0.125. The van der Waals surface area contributed by atoms with Gasteiger partial charge in [0.1, 0.15) is 5.75 Å². The van der Waals surface area contributed by atoms with Gasteiger partial charge in [-0.1, -0.05) is 54.6 Å². The number of methoxy groups -OCH3 is 1. The lowest BCUT2D eigenvalue weighted by atomic mass is 10.1. The molecule has 31 heavy (non-hydrogen) atoms. The summed E-state index contributed by atoms with van der Waals surface area (Å²) in [4.78, 5) is 0. The number of nitrogens with zero attached hydrogens (tertiary/aromatic N) is 3. The number of azo groups is 1. The van der Waals surface area contributed by atoms with Gasteiger partial charge in [-0.05, 0) is 48.5 Å². The summed E-state index contributed by atoms with van der Waals surface area (Å²) in [6.45, 7) is 2.58. The number of fused-ring (bicyclic) bond motifs is 1. The van der Waals surface area contributed by atoms with Crippen LogP contribution in [0.5, 0.6) is 11.6 Å². The molecule has 1 heterocycles. The molecule has 0 aliphatic carbocycles. The summed E-state index contributed by atoms with van der Waals surface area (Å²) in [5.41, 5.74) is 4.23. The van der Waals surface area contributed by atoms with Crippen LogP contribution in [0.1, 0.15) is 11.1 Å². The van der Waals surface area contributed by atoms with Gasteiger partial charge in [0.2, 0.25) is 11.0 Å². The minimum Gasteiger partial charge on any atom is -0.495 e. The van der Waals surface area contributed by atoms with Gasteiger partial charge >= 0.3 is 0 Å². The van der Waals surface area contributed by atoms with Gasteiger partial charge in [-0.2, -0.15) is 0 Å². The van der Waals surface area contributed by atoms with E-state index in [1.807, 2.05) is 65.2 Å². The lowest BCUT2D eigenvalue weighted by molar-refractivity contribution is 0.417. The number of thiocarbonyl (C=S) groups is 1. The smallest absolute Gasteiger partial charge is 0.221 e. The molecule has 156 valence electrons. The van der Waals surface area contributed by atoms with Crippen LogP contribution in [0.15, 0.2) is 83.0 Å². The van der Waals surface area contributed by atoms with Crippen molar-refractivity contribution in [3.05, 3.63) is 83.9 Å². The standard InChI is InChI=1S/C24H22N4O2S/c1-16-9-3-4-10-17(16)15-28-20-13-7-5-11-18(20)22(23(28)29)26-27-24(31)25-19-12-6-8-14-21(19)30-2/h3-14,29H,15H2,1-2H3,(H,25,31). The molecule has 3 aromatic carbocycles. The first-order chi connectivity index (χ1) is 15.1. The predicted molar refractivity (Wildman–Crippen MR) is 128 cm³/mol. The van der Waals surface area contributed by atoms with Crippen LogP contribution in [0.3, 0.4) is 0 Å². The van der Waals surface area contributed by atoms with Gasteiger partial charge in [0, 0.05) is 5.39 Å². The monoisotopic (exact) mass is 430 g/mol. The van der Waals surface area contributed by atoms with Crippen molar-refractivity contribution >= 4 is 39.6 Å². The lowest BCUT2D eigenvalue weighted by Crippen LogP contribution is -2.06. The summed E-state index contributed by atoms with van der Waals surface area (Å²) >= 11 is 5.32. The van der Waals surface area contributed by atoms with E-state index in [-0.39, 0.29) is 11.0 Å². The summed E-state index contributed by atoms with van der Waals surface area (Å²) in [5, 5.41) is 23.4. The van der Waals surface area contributed by atoms with Gasteiger partial charge in [0.05, 0.1) is 24.9 Å². The minimum absolute atomic E-state index is 0.0493. The van der Waals surface area contributed by atoms with E-state index in [4.69, 9.17) is 17.0 Å². The molecule has 0 radical (unpaired) electrons. The zero-order valence-corrected chi connectivity index (χ0v) is 18.1. The molecule has 2 N–H and O–H groups in total. The zero-order valence-electron chi connectivity index (χ0n) is 17.2. The molecular formula is C24H22N4O2S. The first-order valence-electron chi connectivity index (χ1n) is 9.79. The molecule has 1 aromatic heterocycles. The van der Waals surface area contributed by atoms with Gasteiger partial charge in [-0.3, -0.25) is 0 Å². The van der Waals surface area contributed by atoms with E-state index >= 15 is 0 Å². The fourth-order valence-corrected chi connectivity index (χ4v) is 3.62. The highest BCUT2D eigenvalue weighted by Gasteiger charge is 2.17. The molecule has 0 atom stereocenters. The second-order valence-electron chi connectivity index (χ2n) is 7.03. The molecule has 6 nitrogen and oxygen atoms in total. The van der Waals surface area contributed by atoms with E-state index in [0.717, 1.165) is 22.0 Å². The van der Waals surface area contributed by atoms with E-state index in [2.05, 4.69) is 34.6 Å². The fourth-order valence-electron chi connectivity index (χ4n) is 3.47. The number of nitrogens with one attached hydrogen (secondary N) is 1. The summed E-state index contributed by atoms with van der Waals surface area (Å²) in [6, 6.07) is 23.2. The highest BCUT2D eigenvalue weighted by atomic mass is 32.1. The van der Waals surface area contributed by atoms with Crippen molar-refractivity contribution in [3.63, 3.8) is 0 Å². The number of aryl methyl sites for hydroxylation is 1. The van der Waals surface area contributed by atoms with Crippen LogP contribution in [-0.2, 0) is 6.54 Å². The Bertz CT molecular complexity index is 1280. The van der Waals surface area contributed by atoms with Crippen molar-refractivity contribution in [1.29, 1.82) is 0 Å². The molecule has 0 aliphatic rings. The normalized spacial score (nSPS) is 11.2. The van der Waals surface area contributed by atoms with E-state index < -0.39 is 0 Å². The molecular weight excluding hydrogens is 408 g/mol. The largest absolute Gasteiger partial charge is 0.495 e. The Morgan fingerprint density at radius 1 is 1.03 bits per heavy atom. The Morgan fingerprint density at radius 3 is 2.55 bits per heavy atom. The lowest BCUT2D eigenvalue weighted by Gasteiger charge is -2.09. The molecule has 0 saturated carbocycles. The molecule has 0 amide bonds. The summed E-state index contributed by atoms with van der Waals surface area (Å²) in [6.07, 6.45) is 0. The number of aromatic nitrogens is 1. The third-order valence-corrected chi connectivity index (χ3v) is 5.28. The number of hydrogen-bond donors (Lipinski definition) is 2. The summed E-state index contributed by atoms with van der Waals surface area (Å²) < 4.78 is 7.15. The van der Waals surface area contributed by atoms with Crippen LogP contribution < -0.4 is 10.1 Å². The van der Waals surface area contributed by atoms with Gasteiger partial charge in [0.15, 0.2) is 5.69 Å². The molecule has 0 saturated heterocycles. The van der Waals surface area contributed by atoms with Crippen molar-refractivity contribution in [2.75, 3.05) is 12.4 Å². The maximum Gasteiger partial charge on any atom is 0.221 e. The maximum atomic E-state index is 11.0. The van der Waals surface area contributed by atoms with Crippen LogP contribution in [0.2, 0.25) is 0 Å².